The molecule has 1 atom stereocenters. The third-order valence-electron chi connectivity index (χ3n) is 1.22. The highest BCUT2D eigenvalue weighted by Crippen LogP contribution is 1.94. The Morgan fingerprint density at radius 2 is 2.20 bits per heavy atom. The van der Waals surface area contributed by atoms with Gasteiger partial charge in [-0.3, -0.25) is 4.79 Å². The van der Waals surface area contributed by atoms with Crippen LogP contribution in [0, 0.1) is 0 Å². The number of ketones is 1. The third kappa shape index (κ3) is 4.40. The standard InChI is InChI=1S/C6H13FN2O/c7-3-5(9)1-2-6(10)4-8/h5H,1-4,8-9H2. The molecule has 0 aromatic carbocycles. The first kappa shape index (κ1) is 9.52. The lowest BCUT2D eigenvalue weighted by atomic mass is 10.1. The van der Waals surface area contributed by atoms with E-state index < -0.39 is 12.7 Å². The number of carbonyl (C=O) groups excluding carboxylic acids is 1. The van der Waals surface area contributed by atoms with Gasteiger partial charge in [-0.2, -0.15) is 0 Å². The molecule has 0 spiro atoms. The Kier molecular flexibility index (Phi) is 5.06. The first-order chi connectivity index (χ1) is 4.70. The molecule has 0 aromatic rings. The van der Waals surface area contributed by atoms with E-state index in [1.54, 1.807) is 0 Å². The molecule has 4 N–H and O–H groups in total. The van der Waals surface area contributed by atoms with Crippen molar-refractivity contribution >= 4 is 5.78 Å². The van der Waals surface area contributed by atoms with E-state index in [1.807, 2.05) is 0 Å². The van der Waals surface area contributed by atoms with Crippen molar-refractivity contribution in [1.29, 1.82) is 0 Å². The maximum absolute atomic E-state index is 11.7. The van der Waals surface area contributed by atoms with Gasteiger partial charge in [0.2, 0.25) is 0 Å². The van der Waals surface area contributed by atoms with Crippen molar-refractivity contribution in [2.45, 2.75) is 18.9 Å². The molecule has 0 saturated heterocycles. The van der Waals surface area contributed by atoms with Crippen molar-refractivity contribution in [3.05, 3.63) is 0 Å². The average Bonchev–Trinajstić information content (AvgIpc) is 1.99. The van der Waals surface area contributed by atoms with Crippen molar-refractivity contribution in [3.63, 3.8) is 0 Å². The summed E-state index contributed by atoms with van der Waals surface area (Å²) in [6.45, 7) is -0.545. The van der Waals surface area contributed by atoms with Gasteiger partial charge >= 0.3 is 0 Å². The van der Waals surface area contributed by atoms with E-state index in [2.05, 4.69) is 0 Å². The maximum Gasteiger partial charge on any atom is 0.146 e. The number of hydrogen-bond donors (Lipinski definition) is 2. The van der Waals surface area contributed by atoms with Gasteiger partial charge in [-0.15, -0.1) is 0 Å². The Morgan fingerprint density at radius 1 is 1.60 bits per heavy atom. The highest BCUT2D eigenvalue weighted by atomic mass is 19.1. The van der Waals surface area contributed by atoms with Crippen molar-refractivity contribution in [2.24, 2.45) is 11.5 Å². The lowest BCUT2D eigenvalue weighted by Gasteiger charge is -2.03. The van der Waals surface area contributed by atoms with Crippen LogP contribution in [0.4, 0.5) is 4.39 Å². The topological polar surface area (TPSA) is 69.1 Å². The summed E-state index contributed by atoms with van der Waals surface area (Å²) in [6.07, 6.45) is 0.689. The number of hydrogen-bond acceptors (Lipinski definition) is 3. The number of nitrogens with two attached hydrogens (primary N) is 2. The van der Waals surface area contributed by atoms with E-state index >= 15 is 0 Å². The minimum atomic E-state index is -0.572. The minimum Gasteiger partial charge on any atom is -0.325 e. The molecule has 1 unspecified atom stereocenters. The van der Waals surface area contributed by atoms with Gasteiger partial charge in [-0.05, 0) is 6.42 Å². The summed E-state index contributed by atoms with van der Waals surface area (Å²) in [5, 5.41) is 0. The fourth-order valence-corrected chi connectivity index (χ4v) is 0.526. The Balaban J connectivity index is 3.26. The fourth-order valence-electron chi connectivity index (χ4n) is 0.526. The van der Waals surface area contributed by atoms with E-state index in [1.165, 1.54) is 0 Å². The fraction of sp³-hybridized carbons (Fsp3) is 0.833. The molecule has 60 valence electrons. The van der Waals surface area contributed by atoms with Gasteiger partial charge in [0.05, 0.1) is 6.54 Å². The van der Waals surface area contributed by atoms with Gasteiger partial charge in [0.15, 0.2) is 0 Å². The van der Waals surface area contributed by atoms with Gasteiger partial charge in [-0.1, -0.05) is 0 Å². The zero-order chi connectivity index (χ0) is 7.98. The molecule has 0 saturated carbocycles. The molecule has 0 bridgehead atoms. The van der Waals surface area contributed by atoms with Crippen LogP contribution in [0.25, 0.3) is 0 Å². The van der Waals surface area contributed by atoms with E-state index in [0.717, 1.165) is 0 Å². The Bertz CT molecular complexity index is 108. The van der Waals surface area contributed by atoms with Crippen molar-refractivity contribution < 1.29 is 9.18 Å². The predicted octanol–water partition coefficient (Wildman–Crippen LogP) is -0.409. The molecule has 0 heterocycles. The van der Waals surface area contributed by atoms with Gasteiger partial charge in [0.1, 0.15) is 12.5 Å². The van der Waals surface area contributed by atoms with Gasteiger partial charge in [0.25, 0.3) is 0 Å². The smallest absolute Gasteiger partial charge is 0.146 e. The van der Waals surface area contributed by atoms with Crippen LogP contribution in [0.2, 0.25) is 0 Å². The number of halogens is 1. The summed E-state index contributed by atoms with van der Waals surface area (Å²) in [5.74, 6) is -0.0658. The van der Waals surface area contributed by atoms with Crippen molar-refractivity contribution in [1.82, 2.24) is 0 Å². The van der Waals surface area contributed by atoms with Crippen LogP contribution in [-0.2, 0) is 4.79 Å². The monoisotopic (exact) mass is 148 g/mol. The van der Waals surface area contributed by atoms with Crippen molar-refractivity contribution in [2.75, 3.05) is 13.2 Å². The summed E-state index contributed by atoms with van der Waals surface area (Å²) >= 11 is 0. The molecular weight excluding hydrogens is 135 g/mol. The third-order valence-corrected chi connectivity index (χ3v) is 1.22. The highest BCUT2D eigenvalue weighted by Gasteiger charge is 2.04. The zero-order valence-corrected chi connectivity index (χ0v) is 5.85. The maximum atomic E-state index is 11.7. The van der Waals surface area contributed by atoms with Gasteiger partial charge in [-0.25, -0.2) is 4.39 Å². The quantitative estimate of drug-likeness (QED) is 0.557. The molecule has 0 rings (SSSR count). The molecule has 10 heavy (non-hydrogen) atoms. The average molecular weight is 148 g/mol. The molecule has 0 radical (unpaired) electrons. The second kappa shape index (κ2) is 5.32. The molecule has 0 aliphatic heterocycles. The second-order valence-corrected chi connectivity index (χ2v) is 2.20. The van der Waals surface area contributed by atoms with Gasteiger partial charge < -0.3 is 11.5 Å². The van der Waals surface area contributed by atoms with Crippen LogP contribution < -0.4 is 11.5 Å². The van der Waals surface area contributed by atoms with E-state index in [4.69, 9.17) is 11.5 Å². The van der Waals surface area contributed by atoms with E-state index in [-0.39, 0.29) is 12.3 Å². The van der Waals surface area contributed by atoms with Crippen LogP contribution in [0.5, 0.6) is 0 Å². The van der Waals surface area contributed by atoms with Crippen LogP contribution in [0.1, 0.15) is 12.8 Å². The summed E-state index contributed by atoms with van der Waals surface area (Å²) < 4.78 is 11.7. The van der Waals surface area contributed by atoms with Crippen molar-refractivity contribution in [3.8, 4) is 0 Å². The van der Waals surface area contributed by atoms with Crippen LogP contribution in [0.15, 0.2) is 0 Å². The van der Waals surface area contributed by atoms with E-state index in [0.29, 0.717) is 12.8 Å². The molecule has 0 aliphatic carbocycles. The number of alkyl halides is 1. The summed E-state index contributed by atoms with van der Waals surface area (Å²) in [6, 6.07) is -0.504. The number of Topliss-reactive ketones (excluding diaryl/α,β-unsaturated/α-hetero) is 1. The molecule has 0 aliphatic rings. The lowest BCUT2D eigenvalue weighted by Crippen LogP contribution is -2.24. The summed E-state index contributed by atoms with van der Waals surface area (Å²) in [4.78, 5) is 10.5. The predicted molar refractivity (Wildman–Crippen MR) is 37.2 cm³/mol. The molecule has 3 nitrogen and oxygen atoms in total. The lowest BCUT2D eigenvalue weighted by molar-refractivity contribution is -0.117. The van der Waals surface area contributed by atoms with Crippen LogP contribution in [0.3, 0.4) is 0 Å². The Labute approximate surface area is 59.6 Å². The summed E-state index contributed by atoms with van der Waals surface area (Å²) in [7, 11) is 0. The van der Waals surface area contributed by atoms with Gasteiger partial charge in [0, 0.05) is 12.5 Å². The highest BCUT2D eigenvalue weighted by molar-refractivity contribution is 5.80. The first-order valence-electron chi connectivity index (χ1n) is 3.24. The first-order valence-corrected chi connectivity index (χ1v) is 3.24. The normalized spacial score (nSPS) is 13.1. The number of rotatable bonds is 5. The van der Waals surface area contributed by atoms with Crippen LogP contribution in [-0.4, -0.2) is 25.0 Å². The molecule has 4 heteroatoms. The molecular formula is C6H13FN2O. The Morgan fingerprint density at radius 3 is 2.60 bits per heavy atom. The number of carbonyl (C=O) groups is 1. The van der Waals surface area contributed by atoms with Crippen LogP contribution >= 0.6 is 0 Å². The second-order valence-electron chi connectivity index (χ2n) is 2.20. The largest absolute Gasteiger partial charge is 0.325 e. The SMILES string of the molecule is NCC(=O)CCC(N)CF. The molecule has 0 amide bonds. The van der Waals surface area contributed by atoms with E-state index in [9.17, 15) is 9.18 Å². The zero-order valence-electron chi connectivity index (χ0n) is 5.85. The minimum absolute atomic E-state index is 0.0268. The molecule has 0 aromatic heterocycles. The molecule has 0 fully saturated rings. The summed E-state index contributed by atoms with van der Waals surface area (Å²) in [5.41, 5.74) is 10.2. The Hall–Kier alpha value is -0.480.